The van der Waals surface area contributed by atoms with Gasteiger partial charge in [0.05, 0.1) is 0 Å². The van der Waals surface area contributed by atoms with Gasteiger partial charge in [-0.15, -0.1) is 0 Å². The van der Waals surface area contributed by atoms with Crippen LogP contribution in [0.4, 0.5) is 0 Å². The first-order valence-electron chi connectivity index (χ1n) is 5.12. The van der Waals surface area contributed by atoms with Gasteiger partial charge in [0, 0.05) is 18.2 Å². The summed E-state index contributed by atoms with van der Waals surface area (Å²) in [7, 11) is 0. The lowest BCUT2D eigenvalue weighted by molar-refractivity contribution is 0.0934. The molecule has 0 bridgehead atoms. The molecule has 1 aromatic rings. The van der Waals surface area contributed by atoms with E-state index in [2.05, 4.69) is 5.32 Å². The number of carbonyl (C=O) groups excluding carboxylic acids is 1. The molecule has 1 rings (SSSR count). The molecule has 82 valence electrons. The Kier molecular flexibility index (Phi) is 4.31. The van der Waals surface area contributed by atoms with E-state index in [0.29, 0.717) is 12.0 Å². The average Bonchev–Trinajstić information content (AvgIpc) is 2.18. The zero-order valence-electron chi connectivity index (χ0n) is 9.16. The van der Waals surface area contributed by atoms with Crippen molar-refractivity contribution < 1.29 is 9.90 Å². The number of rotatable bonds is 4. The van der Waals surface area contributed by atoms with Crippen LogP contribution in [0.1, 0.15) is 29.3 Å². The van der Waals surface area contributed by atoms with Crippen LogP contribution in [-0.2, 0) is 0 Å². The van der Waals surface area contributed by atoms with Crippen LogP contribution in [-0.4, -0.2) is 23.7 Å². The smallest absolute Gasteiger partial charge is 0.251 e. The number of aliphatic hydroxyl groups is 1. The van der Waals surface area contributed by atoms with Gasteiger partial charge in [0.15, 0.2) is 0 Å². The fraction of sp³-hybridized carbons (Fsp3) is 0.417. The van der Waals surface area contributed by atoms with Gasteiger partial charge in [0.1, 0.15) is 0 Å². The Morgan fingerprint density at radius 3 is 2.87 bits per heavy atom. The van der Waals surface area contributed by atoms with Crippen molar-refractivity contribution >= 4 is 5.91 Å². The molecule has 3 heteroatoms. The Bertz CT molecular complexity index is 336. The van der Waals surface area contributed by atoms with E-state index in [1.165, 1.54) is 0 Å². The third kappa shape index (κ3) is 3.72. The number of carbonyl (C=O) groups is 1. The van der Waals surface area contributed by atoms with Gasteiger partial charge in [0.25, 0.3) is 5.91 Å². The van der Waals surface area contributed by atoms with E-state index in [0.717, 1.165) is 5.56 Å². The van der Waals surface area contributed by atoms with Crippen LogP contribution >= 0.6 is 0 Å². The first kappa shape index (κ1) is 11.7. The van der Waals surface area contributed by atoms with Gasteiger partial charge < -0.3 is 10.4 Å². The highest BCUT2D eigenvalue weighted by atomic mass is 16.3. The van der Waals surface area contributed by atoms with Gasteiger partial charge in [-0.2, -0.15) is 0 Å². The topological polar surface area (TPSA) is 49.3 Å². The third-order valence-corrected chi connectivity index (χ3v) is 2.22. The minimum Gasteiger partial charge on any atom is -0.396 e. The molecule has 0 spiro atoms. The van der Waals surface area contributed by atoms with E-state index in [9.17, 15) is 4.79 Å². The summed E-state index contributed by atoms with van der Waals surface area (Å²) < 4.78 is 0. The largest absolute Gasteiger partial charge is 0.396 e. The van der Waals surface area contributed by atoms with E-state index in [-0.39, 0.29) is 18.6 Å². The van der Waals surface area contributed by atoms with Crippen LogP contribution in [0.5, 0.6) is 0 Å². The highest BCUT2D eigenvalue weighted by Crippen LogP contribution is 2.04. The SMILES string of the molecule is Cc1cccc(C(=O)NC(C)CCO)c1. The summed E-state index contributed by atoms with van der Waals surface area (Å²) >= 11 is 0. The Labute approximate surface area is 90.1 Å². The van der Waals surface area contributed by atoms with Crippen LogP contribution < -0.4 is 5.32 Å². The first-order valence-corrected chi connectivity index (χ1v) is 5.12. The number of hydrogen-bond donors (Lipinski definition) is 2. The summed E-state index contributed by atoms with van der Waals surface area (Å²) in [6.45, 7) is 3.92. The molecule has 0 fully saturated rings. The predicted molar refractivity (Wildman–Crippen MR) is 59.8 cm³/mol. The third-order valence-electron chi connectivity index (χ3n) is 2.22. The molecule has 0 aliphatic carbocycles. The number of hydrogen-bond acceptors (Lipinski definition) is 2. The highest BCUT2D eigenvalue weighted by molar-refractivity contribution is 5.94. The molecule has 1 atom stereocenters. The van der Waals surface area contributed by atoms with Crippen molar-refractivity contribution in [3.05, 3.63) is 35.4 Å². The molecule has 0 aliphatic heterocycles. The number of aryl methyl sites for hydroxylation is 1. The van der Waals surface area contributed by atoms with E-state index < -0.39 is 0 Å². The van der Waals surface area contributed by atoms with E-state index in [1.807, 2.05) is 32.0 Å². The highest BCUT2D eigenvalue weighted by Gasteiger charge is 2.08. The number of amides is 1. The summed E-state index contributed by atoms with van der Waals surface area (Å²) in [4.78, 5) is 11.7. The molecule has 3 nitrogen and oxygen atoms in total. The summed E-state index contributed by atoms with van der Waals surface area (Å²) in [6.07, 6.45) is 0.581. The van der Waals surface area contributed by atoms with Gasteiger partial charge in [-0.1, -0.05) is 17.7 Å². The van der Waals surface area contributed by atoms with Crippen molar-refractivity contribution in [2.75, 3.05) is 6.61 Å². The van der Waals surface area contributed by atoms with Crippen LogP contribution in [0.15, 0.2) is 24.3 Å². The van der Waals surface area contributed by atoms with Crippen LogP contribution in [0.25, 0.3) is 0 Å². The molecule has 2 N–H and O–H groups in total. The molecule has 0 radical (unpaired) electrons. The molecule has 0 aromatic heterocycles. The van der Waals surface area contributed by atoms with Crippen molar-refractivity contribution in [2.24, 2.45) is 0 Å². The van der Waals surface area contributed by atoms with Crippen molar-refractivity contribution in [1.29, 1.82) is 0 Å². The zero-order chi connectivity index (χ0) is 11.3. The lowest BCUT2D eigenvalue weighted by Crippen LogP contribution is -2.33. The van der Waals surface area contributed by atoms with E-state index >= 15 is 0 Å². The molecular formula is C12H17NO2. The summed E-state index contributed by atoms with van der Waals surface area (Å²) in [5.74, 6) is -0.0837. The summed E-state index contributed by atoms with van der Waals surface area (Å²) in [5, 5.41) is 11.5. The van der Waals surface area contributed by atoms with Crippen molar-refractivity contribution in [2.45, 2.75) is 26.3 Å². The van der Waals surface area contributed by atoms with Crippen molar-refractivity contribution in [1.82, 2.24) is 5.32 Å². The Balaban J connectivity index is 2.61. The summed E-state index contributed by atoms with van der Waals surface area (Å²) in [6, 6.07) is 7.45. The maximum Gasteiger partial charge on any atom is 0.251 e. The monoisotopic (exact) mass is 207 g/mol. The Morgan fingerprint density at radius 2 is 2.27 bits per heavy atom. The van der Waals surface area contributed by atoms with Crippen LogP contribution in [0.3, 0.4) is 0 Å². The number of nitrogens with one attached hydrogen (secondary N) is 1. The normalized spacial score (nSPS) is 12.2. The number of benzene rings is 1. The minimum atomic E-state index is -0.0837. The standard InChI is InChI=1S/C12H17NO2/c1-9-4-3-5-11(8-9)12(15)13-10(2)6-7-14/h3-5,8,10,14H,6-7H2,1-2H3,(H,13,15). The van der Waals surface area contributed by atoms with Gasteiger partial charge in [0.2, 0.25) is 0 Å². The second-order valence-corrected chi connectivity index (χ2v) is 3.76. The van der Waals surface area contributed by atoms with Crippen molar-refractivity contribution in [3.8, 4) is 0 Å². The molecule has 1 aromatic carbocycles. The van der Waals surface area contributed by atoms with Gasteiger partial charge in [-0.05, 0) is 32.4 Å². The van der Waals surface area contributed by atoms with Crippen molar-refractivity contribution in [3.63, 3.8) is 0 Å². The van der Waals surface area contributed by atoms with Crippen LogP contribution in [0, 0.1) is 6.92 Å². The zero-order valence-corrected chi connectivity index (χ0v) is 9.16. The molecule has 1 amide bonds. The second kappa shape index (κ2) is 5.51. The minimum absolute atomic E-state index is 0.00279. The molecule has 0 saturated carbocycles. The number of aliphatic hydroxyl groups excluding tert-OH is 1. The van der Waals surface area contributed by atoms with E-state index in [4.69, 9.17) is 5.11 Å². The second-order valence-electron chi connectivity index (χ2n) is 3.76. The quantitative estimate of drug-likeness (QED) is 0.786. The molecule has 0 aliphatic rings. The summed E-state index contributed by atoms with van der Waals surface area (Å²) in [5.41, 5.74) is 1.73. The lowest BCUT2D eigenvalue weighted by atomic mass is 10.1. The lowest BCUT2D eigenvalue weighted by Gasteiger charge is -2.12. The van der Waals surface area contributed by atoms with Gasteiger partial charge >= 0.3 is 0 Å². The molecule has 0 heterocycles. The fourth-order valence-corrected chi connectivity index (χ4v) is 1.36. The van der Waals surface area contributed by atoms with Gasteiger partial charge in [-0.3, -0.25) is 4.79 Å². The molecule has 15 heavy (non-hydrogen) atoms. The van der Waals surface area contributed by atoms with E-state index in [1.54, 1.807) is 6.07 Å². The van der Waals surface area contributed by atoms with Gasteiger partial charge in [-0.25, -0.2) is 0 Å². The predicted octanol–water partition coefficient (Wildman–Crippen LogP) is 1.50. The Hall–Kier alpha value is -1.35. The maximum atomic E-state index is 11.7. The van der Waals surface area contributed by atoms with Crippen LogP contribution in [0.2, 0.25) is 0 Å². The molecular weight excluding hydrogens is 190 g/mol. The Morgan fingerprint density at radius 1 is 1.53 bits per heavy atom. The fourth-order valence-electron chi connectivity index (χ4n) is 1.36. The maximum absolute atomic E-state index is 11.7. The average molecular weight is 207 g/mol. The first-order chi connectivity index (χ1) is 7.13. The molecule has 1 unspecified atom stereocenters. The molecule has 0 saturated heterocycles.